The molecule has 0 atom stereocenters. The van der Waals surface area contributed by atoms with Crippen molar-refractivity contribution in [1.82, 2.24) is 19.9 Å². The molecule has 1 amide bonds. The van der Waals surface area contributed by atoms with Crippen LogP contribution in [0.3, 0.4) is 0 Å². The average Bonchev–Trinajstić information content (AvgIpc) is 2.93. The van der Waals surface area contributed by atoms with Gasteiger partial charge in [0.2, 0.25) is 11.9 Å². The number of hydrogen-bond donors (Lipinski definition) is 2. The van der Waals surface area contributed by atoms with Crippen molar-refractivity contribution in [2.24, 2.45) is 0 Å². The third-order valence-electron chi connectivity index (χ3n) is 6.28. The van der Waals surface area contributed by atoms with Crippen molar-refractivity contribution in [3.05, 3.63) is 79.1 Å². The van der Waals surface area contributed by atoms with Gasteiger partial charge in [-0.1, -0.05) is 36.9 Å². The summed E-state index contributed by atoms with van der Waals surface area (Å²) in [6.45, 7) is 7.04. The number of fused-ring (bicyclic) bond motifs is 1. The van der Waals surface area contributed by atoms with Gasteiger partial charge in [0.05, 0.1) is 23.0 Å². The van der Waals surface area contributed by atoms with E-state index >= 15 is 0 Å². The third kappa shape index (κ3) is 5.24. The number of rotatable bonds is 6. The minimum Gasteiger partial charge on any atom is -0.353 e. The monoisotopic (exact) mass is 490 g/mol. The Morgan fingerprint density at radius 1 is 1.05 bits per heavy atom. The zero-order valence-corrected chi connectivity index (χ0v) is 20.5. The van der Waals surface area contributed by atoms with Gasteiger partial charge < -0.3 is 20.4 Å². The Kier molecular flexibility index (Phi) is 6.74. The van der Waals surface area contributed by atoms with E-state index < -0.39 is 0 Å². The van der Waals surface area contributed by atoms with Gasteiger partial charge in [0.15, 0.2) is 0 Å². The molecule has 2 N–H and O–H groups in total. The summed E-state index contributed by atoms with van der Waals surface area (Å²) in [4.78, 5) is 30.0. The fraction of sp³-hybridized carbons (Fsp3) is 0.179. The lowest BCUT2D eigenvalue weighted by Crippen LogP contribution is -2.45. The van der Waals surface area contributed by atoms with Crippen LogP contribution in [-0.2, 0) is 4.79 Å². The van der Waals surface area contributed by atoms with E-state index in [1.54, 1.807) is 18.5 Å². The number of nitriles is 1. The van der Waals surface area contributed by atoms with E-state index in [9.17, 15) is 10.1 Å². The van der Waals surface area contributed by atoms with Crippen LogP contribution < -0.4 is 15.5 Å². The van der Waals surface area contributed by atoms with Crippen molar-refractivity contribution in [1.29, 1.82) is 5.26 Å². The maximum atomic E-state index is 11.7. The highest BCUT2D eigenvalue weighted by atomic mass is 16.1. The number of anilines is 4. The molecule has 2 aromatic heterocycles. The van der Waals surface area contributed by atoms with E-state index in [0.29, 0.717) is 28.7 Å². The Bertz CT molecular complexity index is 1520. The number of amides is 1. The van der Waals surface area contributed by atoms with Gasteiger partial charge in [0.1, 0.15) is 11.9 Å². The van der Waals surface area contributed by atoms with Crippen molar-refractivity contribution >= 4 is 40.0 Å². The van der Waals surface area contributed by atoms with Crippen LogP contribution in [0, 0.1) is 11.3 Å². The van der Waals surface area contributed by atoms with Crippen LogP contribution in [0.15, 0.2) is 73.6 Å². The number of piperazine rings is 1. The van der Waals surface area contributed by atoms with Crippen LogP contribution in [0.2, 0.25) is 0 Å². The van der Waals surface area contributed by atoms with Crippen molar-refractivity contribution in [2.45, 2.75) is 0 Å². The number of pyridine rings is 1. The summed E-state index contributed by atoms with van der Waals surface area (Å²) in [5, 5.41) is 16.6. The Labute approximate surface area is 215 Å². The highest BCUT2D eigenvalue weighted by Crippen LogP contribution is 2.30. The molecule has 1 saturated heterocycles. The number of aromatic nitrogens is 3. The minimum atomic E-state index is -0.270. The van der Waals surface area contributed by atoms with Crippen LogP contribution in [0.5, 0.6) is 0 Å². The molecule has 9 heteroatoms. The number of carbonyl (C=O) groups is 1. The molecule has 1 aliphatic heterocycles. The normalized spacial score (nSPS) is 13.7. The van der Waals surface area contributed by atoms with E-state index in [4.69, 9.17) is 4.98 Å². The first-order valence-corrected chi connectivity index (χ1v) is 11.9. The fourth-order valence-electron chi connectivity index (χ4n) is 4.31. The van der Waals surface area contributed by atoms with Crippen molar-refractivity contribution < 1.29 is 4.79 Å². The lowest BCUT2D eigenvalue weighted by atomic mass is 10.0. The molecule has 37 heavy (non-hydrogen) atoms. The summed E-state index contributed by atoms with van der Waals surface area (Å²) in [7, 11) is 2.09. The number of benzene rings is 2. The number of nitrogens with zero attached hydrogens (tertiary/aromatic N) is 6. The fourth-order valence-corrected chi connectivity index (χ4v) is 4.31. The molecule has 0 bridgehead atoms. The zero-order valence-electron chi connectivity index (χ0n) is 20.5. The minimum absolute atomic E-state index is 0.270. The van der Waals surface area contributed by atoms with Gasteiger partial charge in [-0.15, -0.1) is 0 Å². The van der Waals surface area contributed by atoms with Gasteiger partial charge in [0, 0.05) is 49.0 Å². The Balaban J connectivity index is 1.44. The van der Waals surface area contributed by atoms with Crippen LogP contribution >= 0.6 is 0 Å². The number of carbonyl (C=O) groups excluding carboxylic acids is 1. The molecule has 9 nitrogen and oxygen atoms in total. The largest absolute Gasteiger partial charge is 0.353 e. The maximum absolute atomic E-state index is 11.7. The van der Waals surface area contributed by atoms with Crippen LogP contribution in [0.4, 0.5) is 23.1 Å². The molecule has 3 heterocycles. The Morgan fingerprint density at radius 3 is 2.65 bits per heavy atom. The molecule has 184 valence electrons. The van der Waals surface area contributed by atoms with E-state index in [2.05, 4.69) is 50.1 Å². The van der Waals surface area contributed by atoms with Crippen LogP contribution in [-0.4, -0.2) is 59.0 Å². The van der Waals surface area contributed by atoms with E-state index in [-0.39, 0.29) is 5.91 Å². The predicted molar refractivity (Wildman–Crippen MR) is 146 cm³/mol. The molecule has 0 unspecified atom stereocenters. The molecule has 1 aliphatic rings. The zero-order chi connectivity index (χ0) is 25.8. The molecule has 5 rings (SSSR count). The van der Waals surface area contributed by atoms with Gasteiger partial charge in [-0.25, -0.2) is 15.0 Å². The lowest BCUT2D eigenvalue weighted by molar-refractivity contribution is -0.111. The molecule has 0 aliphatic carbocycles. The molecule has 0 spiro atoms. The quantitative estimate of drug-likeness (QED) is 0.387. The molecule has 0 saturated carbocycles. The molecule has 4 aromatic rings. The molecule has 0 radical (unpaired) electrons. The average molecular weight is 491 g/mol. The smallest absolute Gasteiger partial charge is 0.247 e. The Morgan fingerprint density at radius 2 is 1.86 bits per heavy atom. The number of likely N-dealkylation sites (N-methyl/N-ethyl adjacent to an activating group) is 1. The van der Waals surface area contributed by atoms with Gasteiger partial charge in [-0.3, -0.25) is 4.79 Å². The van der Waals surface area contributed by atoms with Crippen molar-refractivity contribution in [2.75, 3.05) is 48.8 Å². The lowest BCUT2D eigenvalue weighted by Gasteiger charge is -2.33. The highest BCUT2D eigenvalue weighted by Gasteiger charge is 2.19. The van der Waals surface area contributed by atoms with Crippen LogP contribution in [0.1, 0.15) is 5.56 Å². The number of nitrogens with one attached hydrogen (secondary N) is 2. The second-order valence-corrected chi connectivity index (χ2v) is 8.83. The summed E-state index contributed by atoms with van der Waals surface area (Å²) in [6.07, 6.45) is 4.70. The number of para-hydroxylation sites is 1. The predicted octanol–water partition coefficient (Wildman–Crippen LogP) is 4.18. The summed E-state index contributed by atoms with van der Waals surface area (Å²) < 4.78 is 0. The van der Waals surface area contributed by atoms with E-state index in [1.165, 1.54) is 6.08 Å². The summed E-state index contributed by atoms with van der Waals surface area (Å²) in [5.41, 5.74) is 4.38. The summed E-state index contributed by atoms with van der Waals surface area (Å²) in [5.74, 6) is 0.827. The van der Waals surface area contributed by atoms with Crippen LogP contribution in [0.25, 0.3) is 22.0 Å². The maximum Gasteiger partial charge on any atom is 0.247 e. The standard InChI is InChI=1S/C28H26N8O/c1-3-25(37)32-22-8-4-6-19(14-22)24-9-5-7-20-17-31-28(34-26(20)24)33-23-15-21(16-29)27(30-18-23)36-12-10-35(2)11-13-36/h3-9,14-15,17-18H,1,10-13H2,2H3,(H,32,37)(H,31,33,34). The Hall–Kier alpha value is -4.81. The van der Waals surface area contributed by atoms with Gasteiger partial charge >= 0.3 is 0 Å². The topological polar surface area (TPSA) is 110 Å². The highest BCUT2D eigenvalue weighted by molar-refractivity contribution is 6.00. The van der Waals surface area contributed by atoms with Gasteiger partial charge in [-0.05, 0) is 36.9 Å². The first-order chi connectivity index (χ1) is 18.0. The SMILES string of the molecule is C=CC(=O)Nc1cccc(-c2cccc3cnc(Nc4cnc(N5CCN(C)CC5)c(C#N)c4)nc23)c1. The molecular formula is C28H26N8O. The first-order valence-electron chi connectivity index (χ1n) is 11.9. The van der Waals surface area contributed by atoms with E-state index in [1.807, 2.05) is 42.5 Å². The second-order valence-electron chi connectivity index (χ2n) is 8.83. The summed E-state index contributed by atoms with van der Waals surface area (Å²) >= 11 is 0. The second kappa shape index (κ2) is 10.4. The first kappa shape index (κ1) is 23.9. The molecular weight excluding hydrogens is 464 g/mol. The van der Waals surface area contributed by atoms with Crippen molar-refractivity contribution in [3.63, 3.8) is 0 Å². The molecule has 2 aromatic carbocycles. The number of hydrogen-bond acceptors (Lipinski definition) is 8. The summed E-state index contributed by atoms with van der Waals surface area (Å²) in [6, 6.07) is 17.5. The van der Waals surface area contributed by atoms with Gasteiger partial charge in [0.25, 0.3) is 0 Å². The van der Waals surface area contributed by atoms with E-state index in [0.717, 1.165) is 48.2 Å². The van der Waals surface area contributed by atoms with Crippen molar-refractivity contribution in [3.8, 4) is 17.2 Å². The van der Waals surface area contributed by atoms with Gasteiger partial charge in [-0.2, -0.15) is 5.26 Å². The third-order valence-corrected chi connectivity index (χ3v) is 6.28. The molecule has 1 fully saturated rings.